The summed E-state index contributed by atoms with van der Waals surface area (Å²) in [6.07, 6.45) is 4.40. The fourth-order valence-electron chi connectivity index (χ4n) is 2.88. The van der Waals surface area contributed by atoms with Gasteiger partial charge in [-0.15, -0.1) is 11.3 Å². The van der Waals surface area contributed by atoms with E-state index in [0.717, 1.165) is 27.8 Å². The van der Waals surface area contributed by atoms with Crippen molar-refractivity contribution >= 4 is 39.8 Å². The van der Waals surface area contributed by atoms with Crippen molar-refractivity contribution in [2.24, 2.45) is 0 Å². The minimum Gasteiger partial charge on any atom is -0.345 e. The van der Waals surface area contributed by atoms with Crippen LogP contribution in [0.3, 0.4) is 0 Å². The quantitative estimate of drug-likeness (QED) is 0.468. The number of nitrogens with one attached hydrogen (secondary N) is 1. The molecular formula is C20H15ClN2OS. The Kier molecular flexibility index (Phi) is 4.15. The van der Waals surface area contributed by atoms with Crippen molar-refractivity contribution in [2.75, 3.05) is 0 Å². The van der Waals surface area contributed by atoms with Crippen LogP contribution in [-0.4, -0.2) is 15.8 Å². The number of hydrogen-bond acceptors (Lipinski definition) is 3. The van der Waals surface area contributed by atoms with Crippen LogP contribution in [0.15, 0.2) is 54.2 Å². The molecule has 0 unspecified atom stereocenters. The Balaban J connectivity index is 1.84. The lowest BCUT2D eigenvalue weighted by Gasteiger charge is -2.06. The number of aromatic amines is 1. The molecule has 3 nitrogen and oxygen atoms in total. The SMILES string of the molecule is CCc1ccc(Cl)c(C(=O)c2c[nH]c3ncc(-c4cccs4)cc23)c1. The largest absolute Gasteiger partial charge is 0.345 e. The van der Waals surface area contributed by atoms with Gasteiger partial charge in [0, 0.05) is 39.3 Å². The molecule has 4 rings (SSSR count). The maximum Gasteiger partial charge on any atom is 0.196 e. The number of benzene rings is 1. The van der Waals surface area contributed by atoms with Crippen LogP contribution in [0.25, 0.3) is 21.5 Å². The molecule has 3 heterocycles. The van der Waals surface area contributed by atoms with Gasteiger partial charge in [0.05, 0.1) is 5.02 Å². The number of halogens is 1. The van der Waals surface area contributed by atoms with E-state index in [1.54, 1.807) is 23.6 Å². The maximum absolute atomic E-state index is 13.1. The molecule has 0 radical (unpaired) electrons. The summed E-state index contributed by atoms with van der Waals surface area (Å²) >= 11 is 7.93. The van der Waals surface area contributed by atoms with Crippen LogP contribution in [-0.2, 0) is 6.42 Å². The van der Waals surface area contributed by atoms with Crippen molar-refractivity contribution in [3.63, 3.8) is 0 Å². The van der Waals surface area contributed by atoms with Crippen molar-refractivity contribution in [1.29, 1.82) is 0 Å². The molecule has 0 bridgehead atoms. The van der Waals surface area contributed by atoms with Crippen molar-refractivity contribution < 1.29 is 4.79 Å². The van der Waals surface area contributed by atoms with Crippen LogP contribution in [0, 0.1) is 0 Å². The number of fused-ring (bicyclic) bond motifs is 1. The van der Waals surface area contributed by atoms with E-state index in [1.807, 2.05) is 41.9 Å². The first-order chi connectivity index (χ1) is 12.2. The third-order valence-electron chi connectivity index (χ3n) is 4.27. The molecule has 0 aliphatic heterocycles. The van der Waals surface area contributed by atoms with Gasteiger partial charge >= 0.3 is 0 Å². The number of carbonyl (C=O) groups excluding carboxylic acids is 1. The predicted octanol–water partition coefficient (Wildman–Crippen LogP) is 5.74. The van der Waals surface area contributed by atoms with E-state index in [0.29, 0.717) is 21.8 Å². The Morgan fingerprint density at radius 3 is 2.88 bits per heavy atom. The number of rotatable bonds is 4. The minimum absolute atomic E-state index is 0.0864. The highest BCUT2D eigenvalue weighted by atomic mass is 35.5. The topological polar surface area (TPSA) is 45.8 Å². The second kappa shape index (κ2) is 6.47. The van der Waals surface area contributed by atoms with E-state index < -0.39 is 0 Å². The van der Waals surface area contributed by atoms with Gasteiger partial charge < -0.3 is 4.98 Å². The zero-order valence-corrected chi connectivity index (χ0v) is 15.1. The number of aryl methyl sites for hydroxylation is 1. The number of H-pyrrole nitrogens is 1. The highest BCUT2D eigenvalue weighted by Crippen LogP contribution is 2.30. The first-order valence-corrected chi connectivity index (χ1v) is 9.27. The van der Waals surface area contributed by atoms with Crippen LogP contribution in [0.1, 0.15) is 28.4 Å². The summed E-state index contributed by atoms with van der Waals surface area (Å²) in [4.78, 5) is 21.7. The van der Waals surface area contributed by atoms with E-state index in [4.69, 9.17) is 11.6 Å². The first-order valence-electron chi connectivity index (χ1n) is 8.01. The number of pyridine rings is 1. The molecule has 5 heteroatoms. The number of ketones is 1. The van der Waals surface area contributed by atoms with Crippen LogP contribution in [0.2, 0.25) is 5.02 Å². The number of carbonyl (C=O) groups is 1. The van der Waals surface area contributed by atoms with E-state index in [-0.39, 0.29) is 5.78 Å². The Bertz CT molecular complexity index is 1070. The number of aromatic nitrogens is 2. The zero-order chi connectivity index (χ0) is 17.4. The van der Waals surface area contributed by atoms with Crippen LogP contribution >= 0.6 is 22.9 Å². The highest BCUT2D eigenvalue weighted by Gasteiger charge is 2.18. The highest BCUT2D eigenvalue weighted by molar-refractivity contribution is 7.13. The fraction of sp³-hybridized carbons (Fsp3) is 0.100. The van der Waals surface area contributed by atoms with Crippen molar-refractivity contribution in [2.45, 2.75) is 13.3 Å². The Morgan fingerprint density at radius 1 is 1.24 bits per heavy atom. The average Bonchev–Trinajstić information content (AvgIpc) is 3.30. The maximum atomic E-state index is 13.1. The lowest BCUT2D eigenvalue weighted by molar-refractivity contribution is 0.104. The summed E-state index contributed by atoms with van der Waals surface area (Å²) in [6, 6.07) is 11.7. The van der Waals surface area contributed by atoms with Crippen LogP contribution in [0.4, 0.5) is 0 Å². The smallest absolute Gasteiger partial charge is 0.196 e. The van der Waals surface area contributed by atoms with Gasteiger partial charge in [-0.3, -0.25) is 4.79 Å². The zero-order valence-electron chi connectivity index (χ0n) is 13.5. The molecule has 3 aromatic heterocycles. The van der Waals surface area contributed by atoms with Gasteiger partial charge in [0.2, 0.25) is 0 Å². The summed E-state index contributed by atoms with van der Waals surface area (Å²) < 4.78 is 0. The predicted molar refractivity (Wildman–Crippen MR) is 104 cm³/mol. The molecule has 0 saturated heterocycles. The second-order valence-electron chi connectivity index (χ2n) is 5.80. The number of hydrogen-bond donors (Lipinski definition) is 1. The Morgan fingerprint density at radius 2 is 2.12 bits per heavy atom. The molecule has 0 aliphatic carbocycles. The van der Waals surface area contributed by atoms with E-state index in [1.165, 1.54) is 0 Å². The number of nitrogens with zero attached hydrogens (tertiary/aromatic N) is 1. The minimum atomic E-state index is -0.0864. The molecule has 25 heavy (non-hydrogen) atoms. The number of thiophene rings is 1. The third-order valence-corrected chi connectivity index (χ3v) is 5.51. The Hall–Kier alpha value is -2.43. The van der Waals surface area contributed by atoms with E-state index >= 15 is 0 Å². The summed E-state index contributed by atoms with van der Waals surface area (Å²) in [6.45, 7) is 2.06. The Labute approximate surface area is 154 Å². The van der Waals surface area contributed by atoms with Gasteiger partial charge in [-0.1, -0.05) is 30.7 Å². The molecule has 4 aromatic rings. The van der Waals surface area contributed by atoms with Crippen molar-refractivity contribution in [1.82, 2.24) is 9.97 Å². The summed E-state index contributed by atoms with van der Waals surface area (Å²) in [5.41, 5.74) is 3.92. The fourth-order valence-corrected chi connectivity index (χ4v) is 3.79. The third kappa shape index (κ3) is 2.88. The lowest BCUT2D eigenvalue weighted by Crippen LogP contribution is -2.02. The van der Waals surface area contributed by atoms with Gasteiger partial charge in [0.1, 0.15) is 5.65 Å². The lowest BCUT2D eigenvalue weighted by atomic mass is 10.00. The molecule has 1 N–H and O–H groups in total. The molecule has 0 aliphatic rings. The van der Waals surface area contributed by atoms with E-state index in [2.05, 4.69) is 16.9 Å². The molecule has 0 fully saturated rings. The van der Waals surface area contributed by atoms with E-state index in [9.17, 15) is 4.79 Å². The van der Waals surface area contributed by atoms with Crippen molar-refractivity contribution in [3.8, 4) is 10.4 Å². The van der Waals surface area contributed by atoms with Crippen molar-refractivity contribution in [3.05, 3.63) is 75.9 Å². The van der Waals surface area contributed by atoms with Gasteiger partial charge in [0.15, 0.2) is 5.78 Å². The van der Waals surface area contributed by atoms with Gasteiger partial charge in [0.25, 0.3) is 0 Å². The molecule has 0 saturated carbocycles. The summed E-state index contributed by atoms with van der Waals surface area (Å²) in [5, 5.41) is 3.31. The summed E-state index contributed by atoms with van der Waals surface area (Å²) in [5.74, 6) is -0.0864. The molecule has 0 amide bonds. The van der Waals surface area contributed by atoms with Gasteiger partial charge in [-0.2, -0.15) is 0 Å². The average molecular weight is 367 g/mol. The molecule has 0 atom stereocenters. The summed E-state index contributed by atoms with van der Waals surface area (Å²) in [7, 11) is 0. The van der Waals surface area contributed by atoms with Crippen LogP contribution in [0.5, 0.6) is 0 Å². The molecule has 0 spiro atoms. The first kappa shape index (κ1) is 16.1. The van der Waals surface area contributed by atoms with Gasteiger partial charge in [-0.05, 0) is 41.6 Å². The monoisotopic (exact) mass is 366 g/mol. The molecular weight excluding hydrogens is 352 g/mol. The second-order valence-corrected chi connectivity index (χ2v) is 7.15. The molecule has 1 aromatic carbocycles. The standard InChI is InChI=1S/C20H15ClN2OS/c1-2-12-5-6-17(21)15(8-12)19(24)16-11-23-20-14(16)9-13(10-22-20)18-4-3-7-25-18/h3-11H,2H2,1H3,(H,22,23). The van der Waals surface area contributed by atoms with Crippen LogP contribution < -0.4 is 0 Å². The van der Waals surface area contributed by atoms with Gasteiger partial charge in [-0.25, -0.2) is 4.98 Å². The molecule has 124 valence electrons. The normalized spacial score (nSPS) is 11.1.